The molecular weight excluding hydrogens is 250 g/mol. The second-order valence-electron chi connectivity index (χ2n) is 3.68. The lowest BCUT2D eigenvalue weighted by Gasteiger charge is -2.05. The molecule has 17 heavy (non-hydrogen) atoms. The van der Waals surface area contributed by atoms with Crippen molar-refractivity contribution in [3.05, 3.63) is 46.2 Å². The third kappa shape index (κ3) is 3.11. The van der Waals surface area contributed by atoms with E-state index in [0.717, 1.165) is 17.0 Å². The maximum Gasteiger partial charge on any atom is 0.265 e. The van der Waals surface area contributed by atoms with Gasteiger partial charge in [-0.3, -0.25) is 4.79 Å². The molecule has 1 aromatic carbocycles. The summed E-state index contributed by atoms with van der Waals surface area (Å²) in [7, 11) is 0. The Morgan fingerprint density at radius 2 is 2.24 bits per heavy atom. The van der Waals surface area contributed by atoms with Crippen LogP contribution in [0.25, 0.3) is 0 Å². The van der Waals surface area contributed by atoms with Crippen LogP contribution >= 0.6 is 24.0 Å². The van der Waals surface area contributed by atoms with Gasteiger partial charge in [-0.15, -0.1) is 24.0 Å². The molecule has 88 valence electrons. The van der Waals surface area contributed by atoms with Gasteiger partial charge >= 0.3 is 0 Å². The zero-order valence-corrected chi connectivity index (χ0v) is 11.1. The lowest BCUT2D eigenvalue weighted by atomic mass is 10.1. The molecule has 1 heterocycles. The normalized spacial score (nSPS) is 10.2. The molecular formula is C13H13NOS2. The molecule has 0 fully saturated rings. The first kappa shape index (κ1) is 12.2. The number of nitrogens with one attached hydrogen (secondary N) is 1. The average Bonchev–Trinajstić information content (AvgIpc) is 2.76. The van der Waals surface area contributed by atoms with Gasteiger partial charge < -0.3 is 5.32 Å². The molecule has 1 aromatic heterocycles. The molecule has 0 atom stereocenters. The maximum absolute atomic E-state index is 11.9. The first-order valence-electron chi connectivity index (χ1n) is 5.37. The van der Waals surface area contributed by atoms with Crippen LogP contribution in [0.5, 0.6) is 0 Å². The Morgan fingerprint density at radius 3 is 2.88 bits per heavy atom. The molecule has 1 N–H and O–H groups in total. The number of hydrogen-bond donors (Lipinski definition) is 2. The van der Waals surface area contributed by atoms with Gasteiger partial charge in [0.25, 0.3) is 5.91 Å². The van der Waals surface area contributed by atoms with E-state index in [-0.39, 0.29) is 5.91 Å². The van der Waals surface area contributed by atoms with Gasteiger partial charge in [0.2, 0.25) is 0 Å². The van der Waals surface area contributed by atoms with Gasteiger partial charge in [-0.05, 0) is 30.2 Å². The number of benzene rings is 1. The monoisotopic (exact) mass is 263 g/mol. The summed E-state index contributed by atoms with van der Waals surface area (Å²) < 4.78 is 0. The maximum atomic E-state index is 11.9. The summed E-state index contributed by atoms with van der Waals surface area (Å²) in [5.74, 6) is -0.0800. The Labute approximate surface area is 110 Å². The minimum atomic E-state index is -0.0800. The van der Waals surface area contributed by atoms with Crippen LogP contribution in [0.4, 0.5) is 5.69 Å². The largest absolute Gasteiger partial charge is 0.321 e. The predicted molar refractivity (Wildman–Crippen MR) is 75.3 cm³/mol. The highest BCUT2D eigenvalue weighted by Gasteiger charge is 2.08. The van der Waals surface area contributed by atoms with Crippen molar-refractivity contribution in [2.24, 2.45) is 0 Å². The summed E-state index contributed by atoms with van der Waals surface area (Å²) in [6.45, 7) is 2.09. The van der Waals surface area contributed by atoms with Crippen LogP contribution in [0, 0.1) is 0 Å². The Hall–Kier alpha value is -1.26. The fourth-order valence-electron chi connectivity index (χ4n) is 1.51. The zero-order valence-electron chi connectivity index (χ0n) is 9.43. The smallest absolute Gasteiger partial charge is 0.265 e. The van der Waals surface area contributed by atoms with Crippen molar-refractivity contribution in [3.8, 4) is 0 Å². The number of thiophene rings is 1. The van der Waals surface area contributed by atoms with Gasteiger partial charge in [-0.2, -0.15) is 0 Å². The fourth-order valence-corrected chi connectivity index (χ4v) is 2.55. The summed E-state index contributed by atoms with van der Waals surface area (Å²) in [4.78, 5) is 13.4. The minimum absolute atomic E-state index is 0.0800. The van der Waals surface area contributed by atoms with E-state index in [4.69, 9.17) is 0 Å². The van der Waals surface area contributed by atoms with Gasteiger partial charge in [0.1, 0.15) is 0 Å². The lowest BCUT2D eigenvalue weighted by Crippen LogP contribution is -2.10. The molecule has 0 spiro atoms. The molecule has 2 nitrogen and oxygen atoms in total. The van der Waals surface area contributed by atoms with Gasteiger partial charge in [0, 0.05) is 16.0 Å². The molecule has 0 aliphatic rings. The molecule has 0 aliphatic carbocycles. The van der Waals surface area contributed by atoms with E-state index >= 15 is 0 Å². The van der Waals surface area contributed by atoms with Crippen LogP contribution in [0.3, 0.4) is 0 Å². The molecule has 2 rings (SSSR count). The number of thiol groups is 1. The number of rotatable bonds is 3. The van der Waals surface area contributed by atoms with E-state index in [1.165, 1.54) is 16.9 Å². The highest BCUT2D eigenvalue weighted by molar-refractivity contribution is 7.80. The number of carbonyl (C=O) groups excluding carboxylic acids is 1. The Bertz CT molecular complexity index is 534. The molecule has 0 bridgehead atoms. The van der Waals surface area contributed by atoms with Crippen LogP contribution < -0.4 is 5.32 Å². The SMILES string of the molecule is CCc1cccc(NC(=O)c2cc(S)cs2)c1. The van der Waals surface area contributed by atoms with Gasteiger partial charge in [-0.1, -0.05) is 19.1 Å². The van der Waals surface area contributed by atoms with Crippen molar-refractivity contribution >= 4 is 35.6 Å². The third-order valence-electron chi connectivity index (χ3n) is 2.40. The summed E-state index contributed by atoms with van der Waals surface area (Å²) >= 11 is 5.59. The van der Waals surface area contributed by atoms with Crippen molar-refractivity contribution < 1.29 is 4.79 Å². The van der Waals surface area contributed by atoms with Gasteiger partial charge in [-0.25, -0.2) is 0 Å². The van der Waals surface area contributed by atoms with Gasteiger partial charge in [0.15, 0.2) is 0 Å². The summed E-state index contributed by atoms with van der Waals surface area (Å²) in [6, 6.07) is 9.66. The van der Waals surface area contributed by atoms with E-state index < -0.39 is 0 Å². The molecule has 0 saturated carbocycles. The molecule has 0 radical (unpaired) electrons. The van der Waals surface area contributed by atoms with Crippen molar-refractivity contribution in [1.29, 1.82) is 0 Å². The first-order valence-corrected chi connectivity index (χ1v) is 6.69. The lowest BCUT2D eigenvalue weighted by molar-refractivity contribution is 0.103. The molecule has 1 amide bonds. The fraction of sp³-hybridized carbons (Fsp3) is 0.154. The van der Waals surface area contributed by atoms with E-state index in [9.17, 15) is 4.79 Å². The van der Waals surface area contributed by atoms with Crippen LogP contribution in [0.1, 0.15) is 22.2 Å². The first-order chi connectivity index (χ1) is 8.19. The summed E-state index contributed by atoms with van der Waals surface area (Å²) in [5.41, 5.74) is 2.05. The van der Waals surface area contributed by atoms with Crippen molar-refractivity contribution in [1.82, 2.24) is 0 Å². The van der Waals surface area contributed by atoms with Crippen LogP contribution in [-0.4, -0.2) is 5.91 Å². The molecule has 0 aliphatic heterocycles. The van der Waals surface area contributed by atoms with Crippen LogP contribution in [0.2, 0.25) is 0 Å². The standard InChI is InChI=1S/C13H13NOS2/c1-2-9-4-3-5-10(6-9)14-13(15)12-7-11(16)8-17-12/h3-8,16H,2H2,1H3,(H,14,15). The number of aryl methyl sites for hydroxylation is 1. The molecule has 0 unspecified atom stereocenters. The van der Waals surface area contributed by atoms with E-state index in [0.29, 0.717) is 4.88 Å². The molecule has 4 heteroatoms. The number of amides is 1. The Kier molecular flexibility index (Phi) is 3.86. The summed E-state index contributed by atoms with van der Waals surface area (Å²) in [5, 5.41) is 4.73. The molecule has 0 saturated heterocycles. The van der Waals surface area contributed by atoms with E-state index in [1.807, 2.05) is 29.6 Å². The van der Waals surface area contributed by atoms with E-state index in [1.54, 1.807) is 6.07 Å². The highest BCUT2D eigenvalue weighted by atomic mass is 32.1. The van der Waals surface area contributed by atoms with Gasteiger partial charge in [0.05, 0.1) is 4.88 Å². The topological polar surface area (TPSA) is 29.1 Å². The Balaban J connectivity index is 2.12. The van der Waals surface area contributed by atoms with Crippen molar-refractivity contribution in [2.75, 3.05) is 5.32 Å². The Morgan fingerprint density at radius 1 is 1.41 bits per heavy atom. The second kappa shape index (κ2) is 5.38. The average molecular weight is 263 g/mol. The van der Waals surface area contributed by atoms with Crippen LogP contribution in [-0.2, 0) is 6.42 Å². The zero-order chi connectivity index (χ0) is 12.3. The third-order valence-corrected chi connectivity index (χ3v) is 3.76. The van der Waals surface area contributed by atoms with Crippen molar-refractivity contribution in [2.45, 2.75) is 18.2 Å². The highest BCUT2D eigenvalue weighted by Crippen LogP contribution is 2.19. The number of anilines is 1. The number of hydrogen-bond acceptors (Lipinski definition) is 3. The molecule has 2 aromatic rings. The minimum Gasteiger partial charge on any atom is -0.321 e. The van der Waals surface area contributed by atoms with Crippen molar-refractivity contribution in [3.63, 3.8) is 0 Å². The predicted octanol–water partition coefficient (Wildman–Crippen LogP) is 3.85. The second-order valence-corrected chi connectivity index (χ2v) is 5.10. The quantitative estimate of drug-likeness (QED) is 0.809. The van der Waals surface area contributed by atoms with Crippen LogP contribution in [0.15, 0.2) is 40.6 Å². The summed E-state index contributed by atoms with van der Waals surface area (Å²) in [6.07, 6.45) is 0.962. The van der Waals surface area contributed by atoms with E-state index in [2.05, 4.69) is 24.9 Å². The number of carbonyl (C=O) groups is 1.